The molecule has 0 saturated heterocycles. The van der Waals surface area contributed by atoms with Gasteiger partial charge in [0, 0.05) is 37.3 Å². The number of imidazole rings is 1. The number of fused-ring (bicyclic) bond motifs is 1. The van der Waals surface area contributed by atoms with Gasteiger partial charge in [0.1, 0.15) is 24.1 Å². The van der Waals surface area contributed by atoms with E-state index in [1.165, 1.54) is 24.3 Å². The fraction of sp³-hybridized carbons (Fsp3) is 0.194. The van der Waals surface area contributed by atoms with Gasteiger partial charge in [0.2, 0.25) is 5.88 Å². The summed E-state index contributed by atoms with van der Waals surface area (Å²) in [6, 6.07) is 16.1. The van der Waals surface area contributed by atoms with Crippen LogP contribution in [0.4, 0.5) is 22.0 Å². The highest BCUT2D eigenvalue weighted by Gasteiger charge is 2.31. The van der Waals surface area contributed by atoms with Gasteiger partial charge in [-0.3, -0.25) is 0 Å². The number of halogens is 5. The number of carbonyl (C=O) groups is 1. The number of aromatic carboxylic acids is 1. The van der Waals surface area contributed by atoms with Crippen molar-refractivity contribution in [2.24, 2.45) is 0 Å². The first-order valence-electron chi connectivity index (χ1n) is 13.0. The minimum absolute atomic E-state index is 0.0775. The molecule has 0 aliphatic rings. The van der Waals surface area contributed by atoms with E-state index in [1.54, 1.807) is 42.0 Å². The van der Waals surface area contributed by atoms with Crippen molar-refractivity contribution < 1.29 is 41.3 Å². The Morgan fingerprint density at radius 1 is 0.930 bits per heavy atom. The predicted octanol–water partition coefficient (Wildman–Crippen LogP) is 6.91. The zero-order valence-electron chi connectivity index (χ0n) is 22.7. The molecule has 0 radical (unpaired) electrons. The molecular formula is C31H24F5N3O4. The Morgan fingerprint density at radius 2 is 1.70 bits per heavy atom. The van der Waals surface area contributed by atoms with Gasteiger partial charge in [-0.15, -0.1) is 0 Å². The molecule has 0 fully saturated rings. The van der Waals surface area contributed by atoms with E-state index < -0.39 is 29.3 Å². The third kappa shape index (κ3) is 6.64. The van der Waals surface area contributed by atoms with Crippen LogP contribution in [-0.2, 0) is 30.5 Å². The number of benzene rings is 3. The number of pyridine rings is 1. The normalized spacial score (nSPS) is 11.7. The van der Waals surface area contributed by atoms with Crippen LogP contribution in [0.2, 0.25) is 0 Å². The van der Waals surface area contributed by atoms with Crippen LogP contribution in [0.15, 0.2) is 72.8 Å². The number of carboxylic acids is 1. The fourth-order valence-corrected chi connectivity index (χ4v) is 4.54. The summed E-state index contributed by atoms with van der Waals surface area (Å²) in [5.74, 6) is -2.03. The van der Waals surface area contributed by atoms with E-state index in [9.17, 15) is 27.5 Å². The molecule has 0 bridgehead atoms. The van der Waals surface area contributed by atoms with Crippen LogP contribution in [0, 0.1) is 11.6 Å². The molecule has 1 N–H and O–H groups in total. The van der Waals surface area contributed by atoms with Crippen LogP contribution in [0.1, 0.15) is 32.9 Å². The van der Waals surface area contributed by atoms with Crippen LogP contribution in [0.25, 0.3) is 22.3 Å². The summed E-state index contributed by atoms with van der Waals surface area (Å²) < 4.78 is 80.4. The zero-order valence-corrected chi connectivity index (χ0v) is 22.7. The van der Waals surface area contributed by atoms with Gasteiger partial charge in [0.25, 0.3) is 0 Å². The van der Waals surface area contributed by atoms with Crippen molar-refractivity contribution in [1.29, 1.82) is 0 Å². The van der Waals surface area contributed by atoms with Crippen LogP contribution in [0.3, 0.4) is 0 Å². The topological polar surface area (TPSA) is 86.5 Å². The van der Waals surface area contributed by atoms with E-state index in [0.29, 0.717) is 52.9 Å². The van der Waals surface area contributed by atoms with Gasteiger partial charge >= 0.3 is 12.1 Å². The lowest BCUT2D eigenvalue weighted by Crippen LogP contribution is -2.10. The van der Waals surface area contributed by atoms with Crippen molar-refractivity contribution >= 4 is 17.0 Å². The Balaban J connectivity index is 1.35. The third-order valence-electron chi connectivity index (χ3n) is 6.77. The number of carboxylic acid groups (broad SMARTS) is 1. The molecule has 5 aromatic rings. The van der Waals surface area contributed by atoms with Crippen LogP contribution < -0.4 is 4.74 Å². The van der Waals surface area contributed by atoms with E-state index in [4.69, 9.17) is 9.47 Å². The average Bonchev–Trinajstić information content (AvgIpc) is 3.32. The van der Waals surface area contributed by atoms with Crippen molar-refractivity contribution in [1.82, 2.24) is 14.5 Å². The number of aromatic nitrogens is 3. The molecule has 3 aromatic carbocycles. The summed E-state index contributed by atoms with van der Waals surface area (Å²) in [6.07, 6.45) is -4.53. The van der Waals surface area contributed by atoms with Gasteiger partial charge in [-0.1, -0.05) is 24.3 Å². The lowest BCUT2D eigenvalue weighted by Gasteiger charge is -2.12. The van der Waals surface area contributed by atoms with Gasteiger partial charge in [0.15, 0.2) is 0 Å². The van der Waals surface area contributed by atoms with Crippen LogP contribution in [0.5, 0.6) is 5.88 Å². The van der Waals surface area contributed by atoms with E-state index in [2.05, 4.69) is 9.97 Å². The SMILES string of the molecule is COCCn1c(Cc2ccc(-c3cccc(OCc4ccc(C(F)(F)F)cc4F)n3)cc2F)nc2ccc(C(=O)O)cc21. The monoisotopic (exact) mass is 597 g/mol. The molecular weight excluding hydrogens is 573 g/mol. The number of hydrogen-bond donors (Lipinski definition) is 1. The summed E-state index contributed by atoms with van der Waals surface area (Å²) in [5.41, 5.74) is 1.25. The minimum atomic E-state index is -4.66. The summed E-state index contributed by atoms with van der Waals surface area (Å²) in [6.45, 7) is 0.372. The molecule has 5 rings (SSSR count). The summed E-state index contributed by atoms with van der Waals surface area (Å²) in [5, 5.41) is 9.39. The van der Waals surface area contributed by atoms with Crippen LogP contribution in [-0.4, -0.2) is 39.3 Å². The molecule has 0 amide bonds. The second kappa shape index (κ2) is 12.2. The molecule has 2 heterocycles. The molecule has 0 aliphatic heterocycles. The number of ether oxygens (including phenoxy) is 2. The smallest absolute Gasteiger partial charge is 0.416 e. The zero-order chi connectivity index (χ0) is 30.7. The van der Waals surface area contributed by atoms with Gasteiger partial charge in [-0.25, -0.2) is 23.5 Å². The molecule has 43 heavy (non-hydrogen) atoms. The standard InChI is InChI=1S/C31H24F5N3O4/c1-42-12-11-39-27-14-20(30(40)41)8-10-26(27)37-28(39)15-18-5-6-19(13-23(18)32)25-3-2-4-29(38-25)43-17-21-7-9-22(16-24(21)33)31(34,35)36/h2-10,13-14,16H,11-12,15,17H2,1H3,(H,40,41). The fourth-order valence-electron chi connectivity index (χ4n) is 4.54. The van der Waals surface area contributed by atoms with Crippen LogP contribution >= 0.6 is 0 Å². The van der Waals surface area contributed by atoms with E-state index in [0.717, 1.165) is 12.1 Å². The maximum absolute atomic E-state index is 15.3. The first kappa shape index (κ1) is 29.6. The Labute approximate surface area is 242 Å². The largest absolute Gasteiger partial charge is 0.478 e. The Bertz CT molecular complexity index is 1800. The van der Waals surface area contributed by atoms with Gasteiger partial charge in [-0.05, 0) is 48.0 Å². The molecule has 2 aromatic heterocycles. The van der Waals surface area contributed by atoms with Crippen molar-refractivity contribution in [2.75, 3.05) is 13.7 Å². The first-order valence-corrected chi connectivity index (χ1v) is 13.0. The predicted molar refractivity (Wildman–Crippen MR) is 147 cm³/mol. The number of hydrogen-bond acceptors (Lipinski definition) is 5. The van der Waals surface area contributed by atoms with Gasteiger partial charge in [0.05, 0.1) is 34.5 Å². The molecule has 0 aliphatic carbocycles. The Kier molecular flexibility index (Phi) is 8.40. The number of nitrogens with zero attached hydrogens (tertiary/aromatic N) is 3. The van der Waals surface area contributed by atoms with Crippen molar-refractivity contribution in [3.63, 3.8) is 0 Å². The van der Waals surface area contributed by atoms with Crippen molar-refractivity contribution in [3.8, 4) is 17.1 Å². The molecule has 0 unspecified atom stereocenters. The Hall–Kier alpha value is -4.84. The Morgan fingerprint density at radius 3 is 2.40 bits per heavy atom. The minimum Gasteiger partial charge on any atom is -0.478 e. The number of methoxy groups -OCH3 is 1. The number of alkyl halides is 3. The van der Waals surface area contributed by atoms with Crippen molar-refractivity contribution in [2.45, 2.75) is 25.7 Å². The third-order valence-corrected chi connectivity index (χ3v) is 6.77. The summed E-state index contributed by atoms with van der Waals surface area (Å²) >= 11 is 0. The number of rotatable bonds is 10. The van der Waals surface area contributed by atoms with E-state index in [-0.39, 0.29) is 30.0 Å². The second-order valence-corrected chi connectivity index (χ2v) is 9.62. The summed E-state index contributed by atoms with van der Waals surface area (Å²) in [7, 11) is 1.54. The van der Waals surface area contributed by atoms with Gasteiger partial charge in [-0.2, -0.15) is 13.2 Å². The molecule has 0 spiro atoms. The van der Waals surface area contributed by atoms with E-state index in [1.807, 2.05) is 0 Å². The maximum atomic E-state index is 15.3. The molecule has 0 saturated carbocycles. The highest BCUT2D eigenvalue weighted by Crippen LogP contribution is 2.31. The highest BCUT2D eigenvalue weighted by atomic mass is 19.4. The quantitative estimate of drug-likeness (QED) is 0.176. The lowest BCUT2D eigenvalue weighted by molar-refractivity contribution is -0.137. The van der Waals surface area contributed by atoms with Crippen molar-refractivity contribution in [3.05, 3.63) is 113 Å². The second-order valence-electron chi connectivity index (χ2n) is 9.62. The lowest BCUT2D eigenvalue weighted by atomic mass is 10.1. The summed E-state index contributed by atoms with van der Waals surface area (Å²) in [4.78, 5) is 20.4. The maximum Gasteiger partial charge on any atom is 0.416 e. The average molecular weight is 598 g/mol. The van der Waals surface area contributed by atoms with E-state index >= 15 is 4.39 Å². The highest BCUT2D eigenvalue weighted by molar-refractivity contribution is 5.92. The molecule has 7 nitrogen and oxygen atoms in total. The molecule has 0 atom stereocenters. The molecule has 12 heteroatoms. The molecule has 222 valence electrons. The van der Waals surface area contributed by atoms with Gasteiger partial charge < -0.3 is 19.1 Å². The first-order chi connectivity index (χ1) is 20.5.